The second kappa shape index (κ2) is 8.18. The maximum Gasteiger partial charge on any atom is 0.346 e. The second-order valence-corrected chi connectivity index (χ2v) is 8.46. The summed E-state index contributed by atoms with van der Waals surface area (Å²) in [6.45, 7) is 5.61. The number of ether oxygens (including phenoxy) is 2. The van der Waals surface area contributed by atoms with Crippen LogP contribution in [-0.4, -0.2) is 51.0 Å². The van der Waals surface area contributed by atoms with Crippen LogP contribution in [0.25, 0.3) is 0 Å². The van der Waals surface area contributed by atoms with E-state index in [1.54, 1.807) is 19.1 Å². The summed E-state index contributed by atoms with van der Waals surface area (Å²) in [6.07, 6.45) is -0.252. The lowest BCUT2D eigenvalue weighted by atomic mass is 9.98. The molecule has 7 nitrogen and oxygen atoms in total. The van der Waals surface area contributed by atoms with E-state index >= 15 is 0 Å². The standard InChI is InChI=1S/C18H25NO6S/c1-12-5-6-16(13(2)11-12)26(22,23)19-9-7-15(8-10-19)18(21)25-14(3)17(20)24-4/h5-6,11,14-15H,7-10H2,1-4H3. The maximum absolute atomic E-state index is 12.9. The summed E-state index contributed by atoms with van der Waals surface area (Å²) in [5, 5.41) is 0. The molecular formula is C18H25NO6S. The third-order valence-electron chi connectivity index (χ3n) is 4.56. The van der Waals surface area contributed by atoms with E-state index in [0.717, 1.165) is 5.56 Å². The van der Waals surface area contributed by atoms with Gasteiger partial charge in [-0.05, 0) is 45.2 Å². The molecule has 1 aliphatic rings. The number of nitrogens with zero attached hydrogens (tertiary/aromatic N) is 1. The first-order valence-corrected chi connectivity index (χ1v) is 9.96. The molecule has 0 N–H and O–H groups in total. The van der Waals surface area contributed by atoms with Crippen molar-refractivity contribution in [3.05, 3.63) is 29.3 Å². The van der Waals surface area contributed by atoms with Crippen LogP contribution >= 0.6 is 0 Å². The zero-order valence-corrected chi connectivity index (χ0v) is 16.3. The zero-order chi connectivity index (χ0) is 19.5. The summed E-state index contributed by atoms with van der Waals surface area (Å²) in [5.41, 5.74) is 1.71. The monoisotopic (exact) mass is 383 g/mol. The Bertz CT molecular complexity index is 781. The fourth-order valence-corrected chi connectivity index (χ4v) is 4.72. The number of rotatable bonds is 5. The molecule has 144 valence electrons. The Morgan fingerprint density at radius 3 is 2.35 bits per heavy atom. The van der Waals surface area contributed by atoms with Crippen LogP contribution < -0.4 is 0 Å². The quantitative estimate of drug-likeness (QED) is 0.721. The Morgan fingerprint density at radius 2 is 1.81 bits per heavy atom. The van der Waals surface area contributed by atoms with Crippen molar-refractivity contribution in [2.75, 3.05) is 20.2 Å². The first kappa shape index (κ1) is 20.4. The van der Waals surface area contributed by atoms with Gasteiger partial charge in [-0.1, -0.05) is 17.7 Å². The van der Waals surface area contributed by atoms with Crippen molar-refractivity contribution in [2.45, 2.75) is 44.6 Å². The van der Waals surface area contributed by atoms with Gasteiger partial charge in [0.25, 0.3) is 0 Å². The number of hydrogen-bond acceptors (Lipinski definition) is 6. The molecule has 0 amide bonds. The molecule has 0 aromatic heterocycles. The highest BCUT2D eigenvalue weighted by molar-refractivity contribution is 7.89. The lowest BCUT2D eigenvalue weighted by Gasteiger charge is -2.30. The van der Waals surface area contributed by atoms with Gasteiger partial charge in [-0.25, -0.2) is 13.2 Å². The summed E-state index contributed by atoms with van der Waals surface area (Å²) in [7, 11) is -2.37. The van der Waals surface area contributed by atoms with Crippen LogP contribution in [0.4, 0.5) is 0 Å². The summed E-state index contributed by atoms with van der Waals surface area (Å²) in [5.74, 6) is -1.53. The van der Waals surface area contributed by atoms with E-state index in [1.807, 2.05) is 13.0 Å². The summed E-state index contributed by atoms with van der Waals surface area (Å²) >= 11 is 0. The molecule has 1 aliphatic heterocycles. The Labute approximate surface area is 154 Å². The van der Waals surface area contributed by atoms with Gasteiger partial charge in [0.05, 0.1) is 17.9 Å². The van der Waals surface area contributed by atoms with Crippen molar-refractivity contribution < 1.29 is 27.5 Å². The predicted molar refractivity (Wildman–Crippen MR) is 95.0 cm³/mol. The normalized spacial score (nSPS) is 17.5. The third-order valence-corrected chi connectivity index (χ3v) is 6.62. The molecule has 1 aromatic rings. The van der Waals surface area contributed by atoms with Crippen LogP contribution in [0.5, 0.6) is 0 Å². The van der Waals surface area contributed by atoms with Crippen molar-refractivity contribution in [3.8, 4) is 0 Å². The molecule has 0 bridgehead atoms. The molecule has 0 spiro atoms. The molecule has 1 saturated heterocycles. The minimum atomic E-state index is -3.59. The van der Waals surface area contributed by atoms with Crippen LogP contribution in [0, 0.1) is 19.8 Å². The van der Waals surface area contributed by atoms with Gasteiger partial charge in [-0.2, -0.15) is 4.31 Å². The van der Waals surface area contributed by atoms with Crippen LogP contribution in [-0.2, 0) is 29.1 Å². The molecular weight excluding hydrogens is 358 g/mol. The average molecular weight is 383 g/mol. The molecule has 2 rings (SSSR count). The van der Waals surface area contributed by atoms with Gasteiger partial charge in [-0.15, -0.1) is 0 Å². The summed E-state index contributed by atoms with van der Waals surface area (Å²) in [6, 6.07) is 5.24. The van der Waals surface area contributed by atoms with Crippen molar-refractivity contribution in [1.29, 1.82) is 0 Å². The van der Waals surface area contributed by atoms with E-state index in [9.17, 15) is 18.0 Å². The molecule has 1 heterocycles. The highest BCUT2D eigenvalue weighted by atomic mass is 32.2. The SMILES string of the molecule is COC(=O)C(C)OC(=O)C1CCN(S(=O)(=O)c2ccc(C)cc2C)CC1. The van der Waals surface area contributed by atoms with Gasteiger partial charge < -0.3 is 9.47 Å². The molecule has 8 heteroatoms. The van der Waals surface area contributed by atoms with Crippen LogP contribution in [0.15, 0.2) is 23.1 Å². The van der Waals surface area contributed by atoms with Crippen molar-refractivity contribution >= 4 is 22.0 Å². The zero-order valence-electron chi connectivity index (χ0n) is 15.5. The third kappa shape index (κ3) is 4.42. The van der Waals surface area contributed by atoms with E-state index in [-0.39, 0.29) is 13.1 Å². The average Bonchev–Trinajstić information content (AvgIpc) is 2.60. The number of carbonyl (C=O) groups is 2. The van der Waals surface area contributed by atoms with Crippen LogP contribution in [0.1, 0.15) is 30.9 Å². The summed E-state index contributed by atoms with van der Waals surface area (Å²) in [4.78, 5) is 23.8. The molecule has 0 radical (unpaired) electrons. The molecule has 0 aliphatic carbocycles. The number of benzene rings is 1. The number of hydrogen-bond donors (Lipinski definition) is 0. The molecule has 26 heavy (non-hydrogen) atoms. The highest BCUT2D eigenvalue weighted by Gasteiger charge is 2.34. The Kier molecular flexibility index (Phi) is 6.41. The van der Waals surface area contributed by atoms with Crippen molar-refractivity contribution in [1.82, 2.24) is 4.31 Å². The minimum Gasteiger partial charge on any atom is -0.466 e. The largest absolute Gasteiger partial charge is 0.466 e. The van der Waals surface area contributed by atoms with Crippen LogP contribution in [0.3, 0.4) is 0 Å². The first-order chi connectivity index (χ1) is 12.2. The number of carbonyl (C=O) groups excluding carboxylic acids is 2. The van der Waals surface area contributed by atoms with E-state index < -0.39 is 34.0 Å². The van der Waals surface area contributed by atoms with Gasteiger partial charge in [-0.3, -0.25) is 4.79 Å². The van der Waals surface area contributed by atoms with Crippen LogP contribution in [0.2, 0.25) is 0 Å². The Morgan fingerprint density at radius 1 is 1.19 bits per heavy atom. The second-order valence-electron chi connectivity index (χ2n) is 6.55. The lowest BCUT2D eigenvalue weighted by Crippen LogP contribution is -2.41. The minimum absolute atomic E-state index is 0.238. The number of esters is 2. The van der Waals surface area contributed by atoms with Gasteiger partial charge >= 0.3 is 11.9 Å². The fourth-order valence-electron chi connectivity index (χ4n) is 3.04. The Balaban J connectivity index is 2.01. The summed E-state index contributed by atoms with van der Waals surface area (Å²) < 4.78 is 36.7. The Hall–Kier alpha value is -1.93. The van der Waals surface area contributed by atoms with E-state index in [4.69, 9.17) is 4.74 Å². The lowest BCUT2D eigenvalue weighted by molar-refractivity contribution is -0.168. The van der Waals surface area contributed by atoms with Crippen molar-refractivity contribution in [3.63, 3.8) is 0 Å². The predicted octanol–water partition coefficient (Wildman–Crippen LogP) is 1.81. The number of piperidine rings is 1. The van der Waals surface area contributed by atoms with Crippen molar-refractivity contribution in [2.24, 2.45) is 5.92 Å². The molecule has 1 aromatic carbocycles. The van der Waals surface area contributed by atoms with Gasteiger partial charge in [0.1, 0.15) is 0 Å². The molecule has 1 fully saturated rings. The molecule has 0 saturated carbocycles. The smallest absolute Gasteiger partial charge is 0.346 e. The fraction of sp³-hybridized carbons (Fsp3) is 0.556. The molecule has 1 atom stereocenters. The first-order valence-electron chi connectivity index (χ1n) is 8.52. The van der Waals surface area contributed by atoms with Gasteiger partial charge in [0, 0.05) is 13.1 Å². The van der Waals surface area contributed by atoms with E-state index in [2.05, 4.69) is 4.74 Å². The van der Waals surface area contributed by atoms with Gasteiger partial charge in [0.2, 0.25) is 10.0 Å². The number of aryl methyl sites for hydroxylation is 2. The molecule has 1 unspecified atom stereocenters. The maximum atomic E-state index is 12.9. The van der Waals surface area contributed by atoms with Gasteiger partial charge in [0.15, 0.2) is 6.10 Å². The topological polar surface area (TPSA) is 90.0 Å². The van der Waals surface area contributed by atoms with E-state index in [0.29, 0.717) is 23.3 Å². The number of methoxy groups -OCH3 is 1. The van der Waals surface area contributed by atoms with E-state index in [1.165, 1.54) is 18.3 Å². The highest BCUT2D eigenvalue weighted by Crippen LogP contribution is 2.27. The number of sulfonamides is 1.